The third-order valence-corrected chi connectivity index (χ3v) is 5.53. The van der Waals surface area contributed by atoms with Crippen molar-refractivity contribution < 1.29 is 4.42 Å². The molecule has 154 valence electrons. The number of hydrogen-bond donors (Lipinski definition) is 0. The van der Waals surface area contributed by atoms with E-state index in [4.69, 9.17) is 4.42 Å². The Morgan fingerprint density at radius 2 is 1.76 bits per heavy atom. The number of rotatable bonds is 8. The predicted octanol–water partition coefficient (Wildman–Crippen LogP) is 3.22. The van der Waals surface area contributed by atoms with E-state index in [9.17, 15) is 0 Å². The highest BCUT2D eigenvalue weighted by Gasteiger charge is 2.30. The number of benzene rings is 1. The second kappa shape index (κ2) is 9.33. The maximum Gasteiger partial charge on any atom is 0.168 e. The Morgan fingerprint density at radius 3 is 2.45 bits per heavy atom. The molecular formula is C22H30N6O. The molecule has 1 aromatic carbocycles. The fourth-order valence-electron chi connectivity index (χ4n) is 4.05. The zero-order valence-corrected chi connectivity index (χ0v) is 17.3. The van der Waals surface area contributed by atoms with Gasteiger partial charge in [-0.05, 0) is 40.5 Å². The topological polar surface area (TPSA) is 63.2 Å². The van der Waals surface area contributed by atoms with Gasteiger partial charge in [0.2, 0.25) is 0 Å². The number of furan rings is 1. The summed E-state index contributed by atoms with van der Waals surface area (Å²) in [4.78, 5) is 5.08. The van der Waals surface area contributed by atoms with Crippen LogP contribution in [0.25, 0.3) is 0 Å². The first kappa shape index (κ1) is 19.8. The highest BCUT2D eigenvalue weighted by atomic mass is 16.3. The van der Waals surface area contributed by atoms with Gasteiger partial charge in [-0.25, -0.2) is 4.68 Å². The lowest BCUT2D eigenvalue weighted by atomic mass is 10.0. The Morgan fingerprint density at radius 1 is 0.966 bits per heavy atom. The second-order valence-corrected chi connectivity index (χ2v) is 8.22. The molecule has 3 aromatic rings. The summed E-state index contributed by atoms with van der Waals surface area (Å²) < 4.78 is 7.39. The van der Waals surface area contributed by atoms with Gasteiger partial charge < -0.3 is 4.42 Å². The van der Waals surface area contributed by atoms with Crippen LogP contribution in [0.2, 0.25) is 0 Å². The summed E-state index contributed by atoms with van der Waals surface area (Å²) in [6.07, 6.45) is 2.73. The van der Waals surface area contributed by atoms with Gasteiger partial charge in [0.1, 0.15) is 12.3 Å². The van der Waals surface area contributed by atoms with E-state index < -0.39 is 0 Å². The standard InChI is InChI=1S/C22H30N6O/c1-18(2)15-21(22-23-24-25-28(22)17-20-9-6-14-29-20)27-12-10-26(11-13-27)16-19-7-4-3-5-8-19/h3-9,14,18,21H,10-13,15-17H2,1-2H3/t21-/m1/s1. The van der Waals surface area contributed by atoms with Gasteiger partial charge in [0.25, 0.3) is 0 Å². The minimum Gasteiger partial charge on any atom is -0.467 e. The fourth-order valence-corrected chi connectivity index (χ4v) is 4.05. The maximum atomic E-state index is 5.50. The van der Waals surface area contributed by atoms with Gasteiger partial charge in [-0.1, -0.05) is 44.2 Å². The van der Waals surface area contributed by atoms with E-state index in [1.807, 2.05) is 16.8 Å². The summed E-state index contributed by atoms with van der Waals surface area (Å²) in [7, 11) is 0. The van der Waals surface area contributed by atoms with Gasteiger partial charge >= 0.3 is 0 Å². The predicted molar refractivity (Wildman–Crippen MR) is 111 cm³/mol. The summed E-state index contributed by atoms with van der Waals surface area (Å²) in [5.41, 5.74) is 1.38. The number of hydrogen-bond acceptors (Lipinski definition) is 6. The van der Waals surface area contributed by atoms with Crippen molar-refractivity contribution in [3.05, 3.63) is 65.9 Å². The normalized spacial score (nSPS) is 17.1. The molecule has 1 aliphatic heterocycles. The number of tetrazole rings is 1. The molecule has 0 amide bonds. The van der Waals surface area contributed by atoms with E-state index in [0.717, 1.165) is 50.7 Å². The maximum absolute atomic E-state index is 5.50. The van der Waals surface area contributed by atoms with Crippen molar-refractivity contribution in [3.8, 4) is 0 Å². The Bertz CT molecular complexity index is 853. The molecule has 1 saturated heterocycles. The van der Waals surface area contributed by atoms with Crippen LogP contribution in [0, 0.1) is 5.92 Å². The average molecular weight is 395 g/mol. The van der Waals surface area contributed by atoms with Gasteiger partial charge in [0.15, 0.2) is 5.82 Å². The van der Waals surface area contributed by atoms with Crippen LogP contribution < -0.4 is 0 Å². The summed E-state index contributed by atoms with van der Waals surface area (Å²) in [6, 6.07) is 14.8. The van der Waals surface area contributed by atoms with Gasteiger partial charge in [-0.2, -0.15) is 0 Å². The van der Waals surface area contributed by atoms with Crippen molar-refractivity contribution in [2.45, 2.75) is 39.4 Å². The molecule has 3 heterocycles. The first-order valence-corrected chi connectivity index (χ1v) is 10.5. The Balaban J connectivity index is 1.44. The van der Waals surface area contributed by atoms with Crippen LogP contribution in [0.5, 0.6) is 0 Å². The minimum absolute atomic E-state index is 0.221. The highest BCUT2D eigenvalue weighted by Crippen LogP contribution is 2.28. The molecule has 1 atom stereocenters. The van der Waals surface area contributed by atoms with Crippen LogP contribution in [-0.4, -0.2) is 56.2 Å². The molecule has 0 spiro atoms. The molecule has 29 heavy (non-hydrogen) atoms. The quantitative estimate of drug-likeness (QED) is 0.585. The Labute approximate surface area is 172 Å². The van der Waals surface area contributed by atoms with E-state index in [0.29, 0.717) is 12.5 Å². The van der Waals surface area contributed by atoms with Crippen molar-refractivity contribution in [2.75, 3.05) is 26.2 Å². The minimum atomic E-state index is 0.221. The summed E-state index contributed by atoms with van der Waals surface area (Å²) in [5, 5.41) is 12.6. The van der Waals surface area contributed by atoms with E-state index in [1.165, 1.54) is 5.56 Å². The van der Waals surface area contributed by atoms with Crippen LogP contribution in [0.1, 0.15) is 43.5 Å². The monoisotopic (exact) mass is 394 g/mol. The number of aromatic nitrogens is 4. The number of piperazine rings is 1. The lowest BCUT2D eigenvalue weighted by molar-refractivity contribution is 0.0768. The van der Waals surface area contributed by atoms with Crippen molar-refractivity contribution in [3.63, 3.8) is 0 Å². The van der Waals surface area contributed by atoms with Crippen LogP contribution in [0.3, 0.4) is 0 Å². The first-order chi connectivity index (χ1) is 14.2. The van der Waals surface area contributed by atoms with Gasteiger partial charge in [-0.15, -0.1) is 5.10 Å². The van der Waals surface area contributed by atoms with Gasteiger partial charge in [0.05, 0.1) is 12.3 Å². The fraction of sp³-hybridized carbons (Fsp3) is 0.500. The van der Waals surface area contributed by atoms with Crippen LogP contribution in [0.15, 0.2) is 53.1 Å². The average Bonchev–Trinajstić information content (AvgIpc) is 3.40. The van der Waals surface area contributed by atoms with Crippen LogP contribution in [0.4, 0.5) is 0 Å². The molecule has 0 aliphatic carbocycles. The number of nitrogens with zero attached hydrogens (tertiary/aromatic N) is 6. The lowest BCUT2D eigenvalue weighted by Crippen LogP contribution is -2.47. The van der Waals surface area contributed by atoms with Crippen LogP contribution >= 0.6 is 0 Å². The molecule has 0 N–H and O–H groups in total. The summed E-state index contributed by atoms with van der Waals surface area (Å²) in [6.45, 7) is 10.3. The summed E-state index contributed by atoms with van der Waals surface area (Å²) in [5.74, 6) is 2.37. The molecule has 1 aliphatic rings. The van der Waals surface area contributed by atoms with E-state index >= 15 is 0 Å². The lowest BCUT2D eigenvalue weighted by Gasteiger charge is -2.39. The molecule has 0 unspecified atom stereocenters. The molecule has 0 bridgehead atoms. The first-order valence-electron chi connectivity index (χ1n) is 10.5. The zero-order valence-electron chi connectivity index (χ0n) is 17.3. The van der Waals surface area contributed by atoms with Crippen molar-refractivity contribution in [1.29, 1.82) is 0 Å². The molecule has 2 aromatic heterocycles. The molecular weight excluding hydrogens is 364 g/mol. The zero-order chi connectivity index (χ0) is 20.1. The Kier molecular flexibility index (Phi) is 6.36. The molecule has 1 fully saturated rings. The van der Waals surface area contributed by atoms with Gasteiger partial charge in [-0.3, -0.25) is 9.80 Å². The summed E-state index contributed by atoms with van der Waals surface area (Å²) >= 11 is 0. The van der Waals surface area contributed by atoms with Gasteiger partial charge in [0, 0.05) is 32.7 Å². The van der Waals surface area contributed by atoms with Crippen molar-refractivity contribution in [1.82, 2.24) is 30.0 Å². The highest BCUT2D eigenvalue weighted by molar-refractivity contribution is 5.14. The third-order valence-electron chi connectivity index (χ3n) is 5.53. The SMILES string of the molecule is CC(C)C[C@H](c1nnnn1Cc1ccco1)N1CCN(Cc2ccccc2)CC1. The molecule has 0 radical (unpaired) electrons. The van der Waals surface area contributed by atoms with Crippen molar-refractivity contribution >= 4 is 0 Å². The molecule has 7 heteroatoms. The Hall–Kier alpha value is -2.51. The van der Waals surface area contributed by atoms with E-state index in [1.54, 1.807) is 6.26 Å². The smallest absolute Gasteiger partial charge is 0.168 e. The third kappa shape index (κ3) is 5.10. The van der Waals surface area contributed by atoms with Crippen molar-refractivity contribution in [2.24, 2.45) is 5.92 Å². The largest absolute Gasteiger partial charge is 0.467 e. The van der Waals surface area contributed by atoms with Crippen LogP contribution in [-0.2, 0) is 13.1 Å². The second-order valence-electron chi connectivity index (χ2n) is 8.22. The van der Waals surface area contributed by atoms with E-state index in [2.05, 4.69) is 69.5 Å². The van der Waals surface area contributed by atoms with E-state index in [-0.39, 0.29) is 6.04 Å². The molecule has 4 rings (SSSR count). The molecule has 0 saturated carbocycles. The molecule has 7 nitrogen and oxygen atoms in total.